The van der Waals surface area contributed by atoms with E-state index >= 15 is 0 Å². The highest BCUT2D eigenvalue weighted by Gasteiger charge is 2.04. The predicted octanol–water partition coefficient (Wildman–Crippen LogP) is 3.50. The van der Waals surface area contributed by atoms with Gasteiger partial charge in [0, 0.05) is 29.2 Å². The van der Waals surface area contributed by atoms with Gasteiger partial charge in [-0.15, -0.1) is 0 Å². The van der Waals surface area contributed by atoms with Crippen LogP contribution in [0, 0.1) is 0 Å². The average Bonchev–Trinajstić information content (AvgIpc) is 2.83. The molecular formula is C16H13NO. The molecule has 18 heavy (non-hydrogen) atoms. The van der Waals surface area contributed by atoms with Gasteiger partial charge in [0.05, 0.1) is 0 Å². The molecule has 0 fully saturated rings. The minimum atomic E-state index is 0.749. The molecule has 1 aromatic heterocycles. The Hall–Kier alpha value is -2.35. The molecule has 0 saturated heterocycles. The van der Waals surface area contributed by atoms with Gasteiger partial charge in [0.2, 0.25) is 0 Å². The first-order valence-corrected chi connectivity index (χ1v) is 5.95. The molecular weight excluding hydrogens is 222 g/mol. The first-order chi connectivity index (χ1) is 8.88. The van der Waals surface area contributed by atoms with E-state index in [1.54, 1.807) is 0 Å². The van der Waals surface area contributed by atoms with Gasteiger partial charge in [0.15, 0.2) is 6.29 Å². The van der Waals surface area contributed by atoms with Gasteiger partial charge in [-0.2, -0.15) is 0 Å². The molecule has 0 N–H and O–H groups in total. The normalized spacial score (nSPS) is 10.7. The smallest absolute Gasteiger partial charge is 0.150 e. The molecule has 2 aromatic carbocycles. The third-order valence-corrected chi connectivity index (χ3v) is 3.17. The minimum Gasteiger partial charge on any atom is -0.343 e. The van der Waals surface area contributed by atoms with E-state index < -0.39 is 0 Å². The molecule has 1 heterocycles. The quantitative estimate of drug-likeness (QED) is 0.637. The lowest BCUT2D eigenvalue weighted by Gasteiger charge is -2.05. The van der Waals surface area contributed by atoms with E-state index in [1.807, 2.05) is 48.7 Å². The SMILES string of the molecule is O=Cc1cccc2c1ccn2Cc1ccccc1. The second-order valence-corrected chi connectivity index (χ2v) is 4.33. The zero-order chi connectivity index (χ0) is 12.4. The van der Waals surface area contributed by atoms with Crippen LogP contribution in [-0.2, 0) is 6.54 Å². The summed E-state index contributed by atoms with van der Waals surface area (Å²) in [5.41, 5.74) is 3.11. The maximum Gasteiger partial charge on any atom is 0.150 e. The number of hydrogen-bond acceptors (Lipinski definition) is 1. The highest BCUT2D eigenvalue weighted by molar-refractivity contribution is 5.97. The Labute approximate surface area is 105 Å². The molecule has 0 saturated carbocycles. The molecule has 0 aliphatic rings. The summed E-state index contributed by atoms with van der Waals surface area (Å²) in [5.74, 6) is 0. The van der Waals surface area contributed by atoms with Crippen LogP contribution in [0.15, 0.2) is 60.8 Å². The number of rotatable bonds is 3. The lowest BCUT2D eigenvalue weighted by Crippen LogP contribution is -1.97. The predicted molar refractivity (Wildman–Crippen MR) is 72.9 cm³/mol. The molecule has 0 bridgehead atoms. The second-order valence-electron chi connectivity index (χ2n) is 4.33. The molecule has 0 radical (unpaired) electrons. The van der Waals surface area contributed by atoms with E-state index in [0.717, 1.165) is 29.3 Å². The fraction of sp³-hybridized carbons (Fsp3) is 0.0625. The summed E-state index contributed by atoms with van der Waals surface area (Å²) in [4.78, 5) is 11.0. The summed E-state index contributed by atoms with van der Waals surface area (Å²) < 4.78 is 2.16. The summed E-state index contributed by atoms with van der Waals surface area (Å²) >= 11 is 0. The Morgan fingerprint density at radius 2 is 1.78 bits per heavy atom. The summed E-state index contributed by atoms with van der Waals surface area (Å²) in [7, 11) is 0. The van der Waals surface area contributed by atoms with Gasteiger partial charge >= 0.3 is 0 Å². The molecule has 0 aliphatic carbocycles. The number of aromatic nitrogens is 1. The van der Waals surface area contributed by atoms with E-state index in [0.29, 0.717) is 0 Å². The lowest BCUT2D eigenvalue weighted by atomic mass is 10.1. The van der Waals surface area contributed by atoms with Crippen LogP contribution in [0.4, 0.5) is 0 Å². The molecule has 3 rings (SSSR count). The van der Waals surface area contributed by atoms with Crippen LogP contribution in [0.5, 0.6) is 0 Å². The van der Waals surface area contributed by atoms with Crippen LogP contribution < -0.4 is 0 Å². The maximum atomic E-state index is 11.0. The Morgan fingerprint density at radius 1 is 0.944 bits per heavy atom. The highest BCUT2D eigenvalue weighted by Crippen LogP contribution is 2.20. The van der Waals surface area contributed by atoms with Crippen molar-refractivity contribution in [3.63, 3.8) is 0 Å². The van der Waals surface area contributed by atoms with Gasteiger partial charge in [-0.1, -0.05) is 42.5 Å². The lowest BCUT2D eigenvalue weighted by molar-refractivity contribution is 0.112. The maximum absolute atomic E-state index is 11.0. The fourth-order valence-electron chi connectivity index (χ4n) is 2.27. The third kappa shape index (κ3) is 1.82. The van der Waals surface area contributed by atoms with E-state index in [2.05, 4.69) is 16.7 Å². The second kappa shape index (κ2) is 4.49. The summed E-state index contributed by atoms with van der Waals surface area (Å²) in [6.45, 7) is 0.826. The van der Waals surface area contributed by atoms with Crippen molar-refractivity contribution < 1.29 is 4.79 Å². The summed E-state index contributed by atoms with van der Waals surface area (Å²) in [5, 5.41) is 1.02. The van der Waals surface area contributed by atoms with E-state index in [9.17, 15) is 4.79 Å². The zero-order valence-corrected chi connectivity index (χ0v) is 9.91. The van der Waals surface area contributed by atoms with Crippen LogP contribution >= 0.6 is 0 Å². The van der Waals surface area contributed by atoms with Crippen molar-refractivity contribution in [1.29, 1.82) is 0 Å². The number of carbonyl (C=O) groups is 1. The molecule has 0 spiro atoms. The number of carbonyl (C=O) groups excluding carboxylic acids is 1. The van der Waals surface area contributed by atoms with E-state index in [4.69, 9.17) is 0 Å². The van der Waals surface area contributed by atoms with Gasteiger partial charge in [-0.3, -0.25) is 4.79 Å². The largest absolute Gasteiger partial charge is 0.343 e. The van der Waals surface area contributed by atoms with Crippen molar-refractivity contribution in [2.45, 2.75) is 6.54 Å². The van der Waals surface area contributed by atoms with Gasteiger partial charge < -0.3 is 4.57 Å². The average molecular weight is 235 g/mol. The van der Waals surface area contributed by atoms with E-state index in [1.165, 1.54) is 5.56 Å². The number of hydrogen-bond donors (Lipinski definition) is 0. The van der Waals surface area contributed by atoms with E-state index in [-0.39, 0.29) is 0 Å². The number of nitrogens with zero attached hydrogens (tertiary/aromatic N) is 1. The molecule has 2 heteroatoms. The summed E-state index contributed by atoms with van der Waals surface area (Å²) in [6.07, 6.45) is 2.94. The molecule has 2 nitrogen and oxygen atoms in total. The van der Waals surface area contributed by atoms with Gasteiger partial charge in [0.1, 0.15) is 0 Å². The van der Waals surface area contributed by atoms with Gasteiger partial charge in [0.25, 0.3) is 0 Å². The Morgan fingerprint density at radius 3 is 2.56 bits per heavy atom. The van der Waals surface area contributed by atoms with Crippen LogP contribution in [0.3, 0.4) is 0 Å². The molecule has 88 valence electrons. The Kier molecular flexibility index (Phi) is 2.69. The number of fused-ring (bicyclic) bond motifs is 1. The molecule has 0 amide bonds. The van der Waals surface area contributed by atoms with Crippen LogP contribution in [0.1, 0.15) is 15.9 Å². The minimum absolute atomic E-state index is 0.749. The van der Waals surface area contributed by atoms with Crippen molar-refractivity contribution in [2.24, 2.45) is 0 Å². The number of benzene rings is 2. The van der Waals surface area contributed by atoms with Crippen molar-refractivity contribution in [2.75, 3.05) is 0 Å². The zero-order valence-electron chi connectivity index (χ0n) is 9.91. The summed E-state index contributed by atoms with van der Waals surface area (Å²) in [6, 6.07) is 18.1. The monoisotopic (exact) mass is 235 g/mol. The molecule has 3 aromatic rings. The third-order valence-electron chi connectivity index (χ3n) is 3.17. The van der Waals surface area contributed by atoms with Crippen molar-refractivity contribution in [3.8, 4) is 0 Å². The first kappa shape index (κ1) is 10.8. The van der Waals surface area contributed by atoms with Crippen LogP contribution in [0.2, 0.25) is 0 Å². The van der Waals surface area contributed by atoms with Crippen LogP contribution in [-0.4, -0.2) is 10.9 Å². The van der Waals surface area contributed by atoms with Gasteiger partial charge in [-0.25, -0.2) is 0 Å². The topological polar surface area (TPSA) is 22.0 Å². The molecule has 0 atom stereocenters. The Bertz CT molecular complexity index is 683. The molecule has 0 unspecified atom stereocenters. The van der Waals surface area contributed by atoms with Crippen molar-refractivity contribution >= 4 is 17.2 Å². The fourth-order valence-corrected chi connectivity index (χ4v) is 2.27. The molecule has 0 aliphatic heterocycles. The van der Waals surface area contributed by atoms with Crippen molar-refractivity contribution in [1.82, 2.24) is 4.57 Å². The first-order valence-electron chi connectivity index (χ1n) is 5.95. The Balaban J connectivity index is 2.06. The van der Waals surface area contributed by atoms with Crippen LogP contribution in [0.25, 0.3) is 10.9 Å². The highest BCUT2D eigenvalue weighted by atomic mass is 16.1. The standard InChI is InChI=1S/C16H13NO/c18-12-14-7-4-8-16-15(14)9-10-17(16)11-13-5-2-1-3-6-13/h1-10,12H,11H2. The van der Waals surface area contributed by atoms with Crippen molar-refractivity contribution in [3.05, 3.63) is 71.9 Å². The van der Waals surface area contributed by atoms with Gasteiger partial charge in [-0.05, 0) is 17.7 Å². The number of aldehydes is 1.